The molecule has 0 atom stereocenters. The molecule has 0 spiro atoms. The van der Waals surface area contributed by atoms with Crippen LogP contribution in [0.1, 0.15) is 16.7 Å². The summed E-state index contributed by atoms with van der Waals surface area (Å²) in [4.78, 5) is 16.7. The van der Waals surface area contributed by atoms with E-state index in [-0.39, 0.29) is 17.1 Å². The second-order valence-corrected chi connectivity index (χ2v) is 6.64. The molecule has 0 aliphatic rings. The molecule has 8 heteroatoms. The SMILES string of the molecule is CN(C)Cc1ccc(CNc2cc(C#N)c3cc([N+](=O)[O-])ccc3n2)cc1F. The summed E-state index contributed by atoms with van der Waals surface area (Å²) >= 11 is 0. The number of pyridine rings is 1. The minimum Gasteiger partial charge on any atom is -0.366 e. The summed E-state index contributed by atoms with van der Waals surface area (Å²) in [6, 6.07) is 12.8. The number of hydrogen-bond donors (Lipinski definition) is 1. The van der Waals surface area contributed by atoms with Crippen molar-refractivity contribution in [3.05, 3.63) is 75.1 Å². The number of benzene rings is 2. The van der Waals surface area contributed by atoms with E-state index in [1.54, 1.807) is 6.07 Å². The number of anilines is 1. The number of hydrogen-bond acceptors (Lipinski definition) is 6. The highest BCUT2D eigenvalue weighted by molar-refractivity contribution is 5.88. The summed E-state index contributed by atoms with van der Waals surface area (Å²) in [7, 11) is 3.75. The highest BCUT2D eigenvalue weighted by Crippen LogP contribution is 2.25. The largest absolute Gasteiger partial charge is 0.366 e. The van der Waals surface area contributed by atoms with E-state index in [0.29, 0.717) is 35.4 Å². The Hall–Kier alpha value is -3.57. The van der Waals surface area contributed by atoms with E-state index in [4.69, 9.17) is 0 Å². The van der Waals surface area contributed by atoms with Gasteiger partial charge in [-0.2, -0.15) is 5.26 Å². The lowest BCUT2D eigenvalue weighted by Crippen LogP contribution is -2.12. The van der Waals surface area contributed by atoms with E-state index in [1.165, 1.54) is 30.3 Å². The number of rotatable bonds is 6. The fraction of sp³-hybridized carbons (Fsp3) is 0.200. The van der Waals surface area contributed by atoms with Gasteiger partial charge in [-0.1, -0.05) is 12.1 Å². The van der Waals surface area contributed by atoms with Gasteiger partial charge in [-0.3, -0.25) is 10.1 Å². The smallest absolute Gasteiger partial charge is 0.270 e. The molecule has 0 saturated heterocycles. The van der Waals surface area contributed by atoms with E-state index in [9.17, 15) is 19.8 Å². The Morgan fingerprint density at radius 1 is 1.25 bits per heavy atom. The zero-order chi connectivity index (χ0) is 20.3. The van der Waals surface area contributed by atoms with Crippen LogP contribution in [0.15, 0.2) is 42.5 Å². The number of halogens is 1. The van der Waals surface area contributed by atoms with Crippen LogP contribution in [0.3, 0.4) is 0 Å². The zero-order valence-corrected chi connectivity index (χ0v) is 15.4. The number of nitrogens with one attached hydrogen (secondary N) is 1. The molecule has 3 aromatic rings. The molecule has 0 radical (unpaired) electrons. The first-order valence-electron chi connectivity index (χ1n) is 8.52. The van der Waals surface area contributed by atoms with Crippen LogP contribution in [0, 0.1) is 27.3 Å². The van der Waals surface area contributed by atoms with E-state index in [1.807, 2.05) is 31.1 Å². The number of fused-ring (bicyclic) bond motifs is 1. The van der Waals surface area contributed by atoms with Gasteiger partial charge in [0.15, 0.2) is 0 Å². The third kappa shape index (κ3) is 4.22. The summed E-state index contributed by atoms with van der Waals surface area (Å²) in [5.74, 6) is 0.167. The maximum Gasteiger partial charge on any atom is 0.270 e. The Morgan fingerprint density at radius 3 is 2.68 bits per heavy atom. The van der Waals surface area contributed by atoms with Gasteiger partial charge in [-0.25, -0.2) is 9.37 Å². The number of nitrogens with zero attached hydrogens (tertiary/aromatic N) is 4. The first-order chi connectivity index (χ1) is 13.4. The molecular weight excluding hydrogens is 361 g/mol. The van der Waals surface area contributed by atoms with Gasteiger partial charge in [-0.15, -0.1) is 0 Å². The van der Waals surface area contributed by atoms with Crippen LogP contribution < -0.4 is 5.32 Å². The molecule has 0 saturated carbocycles. The number of nitriles is 1. The summed E-state index contributed by atoms with van der Waals surface area (Å²) in [5.41, 5.74) is 2.01. The maximum atomic E-state index is 14.2. The average Bonchev–Trinajstić information content (AvgIpc) is 2.66. The molecule has 7 nitrogen and oxygen atoms in total. The Kier molecular flexibility index (Phi) is 5.47. The predicted octanol–water partition coefficient (Wildman–Crippen LogP) is 3.83. The lowest BCUT2D eigenvalue weighted by molar-refractivity contribution is -0.384. The Morgan fingerprint density at radius 2 is 2.04 bits per heavy atom. The van der Waals surface area contributed by atoms with Crippen molar-refractivity contribution in [1.82, 2.24) is 9.88 Å². The zero-order valence-electron chi connectivity index (χ0n) is 15.4. The normalized spacial score (nSPS) is 10.8. The molecule has 1 aromatic heterocycles. The maximum absolute atomic E-state index is 14.2. The lowest BCUT2D eigenvalue weighted by atomic mass is 10.1. The molecule has 1 N–H and O–H groups in total. The molecule has 3 rings (SSSR count). The van der Waals surface area contributed by atoms with Crippen LogP contribution in [-0.2, 0) is 13.1 Å². The van der Waals surface area contributed by atoms with Crippen molar-refractivity contribution < 1.29 is 9.31 Å². The van der Waals surface area contributed by atoms with Crippen LogP contribution in [0.4, 0.5) is 15.9 Å². The molecule has 28 heavy (non-hydrogen) atoms. The molecule has 142 valence electrons. The van der Waals surface area contributed by atoms with Gasteiger partial charge in [0.2, 0.25) is 0 Å². The van der Waals surface area contributed by atoms with Gasteiger partial charge in [0, 0.05) is 36.2 Å². The highest BCUT2D eigenvalue weighted by atomic mass is 19.1. The number of nitro benzene ring substituents is 1. The average molecular weight is 379 g/mol. The molecule has 0 bridgehead atoms. The molecule has 1 heterocycles. The van der Waals surface area contributed by atoms with Crippen LogP contribution in [0.25, 0.3) is 10.9 Å². The third-order valence-corrected chi connectivity index (χ3v) is 4.20. The van der Waals surface area contributed by atoms with Crippen molar-refractivity contribution in [2.45, 2.75) is 13.1 Å². The molecule has 0 unspecified atom stereocenters. The van der Waals surface area contributed by atoms with Crippen molar-refractivity contribution in [3.63, 3.8) is 0 Å². The highest BCUT2D eigenvalue weighted by Gasteiger charge is 2.12. The molecular formula is C20H18FN5O2. The predicted molar refractivity (Wildman–Crippen MR) is 104 cm³/mol. The second kappa shape index (κ2) is 7.98. The number of aromatic nitrogens is 1. The van der Waals surface area contributed by atoms with Crippen molar-refractivity contribution in [1.29, 1.82) is 5.26 Å². The van der Waals surface area contributed by atoms with Crippen molar-refractivity contribution in [2.24, 2.45) is 0 Å². The fourth-order valence-electron chi connectivity index (χ4n) is 2.87. The topological polar surface area (TPSA) is 95.1 Å². The van der Waals surface area contributed by atoms with Gasteiger partial charge >= 0.3 is 0 Å². The Labute approximate surface area is 161 Å². The van der Waals surface area contributed by atoms with Gasteiger partial charge < -0.3 is 10.2 Å². The van der Waals surface area contributed by atoms with Gasteiger partial charge in [0.05, 0.1) is 22.1 Å². The quantitative estimate of drug-likeness (QED) is 0.517. The number of non-ortho nitro benzene ring substituents is 1. The van der Waals surface area contributed by atoms with E-state index < -0.39 is 4.92 Å². The summed E-state index contributed by atoms with van der Waals surface area (Å²) < 4.78 is 14.2. The summed E-state index contributed by atoms with van der Waals surface area (Å²) in [5, 5.41) is 23.8. The molecule has 0 aliphatic carbocycles. The van der Waals surface area contributed by atoms with Crippen molar-refractivity contribution in [2.75, 3.05) is 19.4 Å². The van der Waals surface area contributed by atoms with Crippen LogP contribution in [0.2, 0.25) is 0 Å². The molecule has 2 aromatic carbocycles. The van der Waals surface area contributed by atoms with E-state index in [2.05, 4.69) is 10.3 Å². The van der Waals surface area contributed by atoms with Gasteiger partial charge in [0.25, 0.3) is 5.69 Å². The van der Waals surface area contributed by atoms with E-state index >= 15 is 0 Å². The number of nitro groups is 1. The minimum absolute atomic E-state index is 0.0974. The third-order valence-electron chi connectivity index (χ3n) is 4.20. The first-order valence-corrected chi connectivity index (χ1v) is 8.52. The Bertz CT molecular complexity index is 1090. The van der Waals surface area contributed by atoms with Gasteiger partial charge in [0.1, 0.15) is 11.6 Å². The molecule has 0 amide bonds. The van der Waals surface area contributed by atoms with Crippen LogP contribution in [-0.4, -0.2) is 28.9 Å². The monoisotopic (exact) mass is 379 g/mol. The standard InChI is InChI=1S/C20H18FN5O2/c1-25(2)12-14-4-3-13(7-18(14)21)11-23-20-8-15(10-22)17-9-16(26(27)28)5-6-19(17)24-20/h3-9H,11-12H2,1-2H3,(H,23,24). The Balaban J connectivity index is 1.83. The van der Waals surface area contributed by atoms with Crippen LogP contribution >= 0.6 is 0 Å². The van der Waals surface area contributed by atoms with Crippen molar-refractivity contribution >= 4 is 22.4 Å². The molecule has 0 aliphatic heterocycles. The second-order valence-electron chi connectivity index (χ2n) is 6.64. The first kappa shape index (κ1) is 19.2. The summed E-state index contributed by atoms with van der Waals surface area (Å²) in [6.45, 7) is 0.846. The van der Waals surface area contributed by atoms with Gasteiger partial charge in [-0.05, 0) is 37.9 Å². The lowest BCUT2D eigenvalue weighted by Gasteiger charge is -2.12. The van der Waals surface area contributed by atoms with Crippen molar-refractivity contribution in [3.8, 4) is 6.07 Å². The van der Waals surface area contributed by atoms with Crippen LogP contribution in [0.5, 0.6) is 0 Å². The molecule has 0 fully saturated rings. The van der Waals surface area contributed by atoms with E-state index in [0.717, 1.165) is 5.56 Å². The minimum atomic E-state index is -0.513. The fourth-order valence-corrected chi connectivity index (χ4v) is 2.87. The summed E-state index contributed by atoms with van der Waals surface area (Å²) in [6.07, 6.45) is 0.